The predicted molar refractivity (Wildman–Crippen MR) is 64.4 cm³/mol. The van der Waals surface area contributed by atoms with Crippen LogP contribution in [0, 0.1) is 12.8 Å². The van der Waals surface area contributed by atoms with Gasteiger partial charge in [-0.05, 0) is 39.0 Å². The second-order valence-electron chi connectivity index (χ2n) is 5.48. The van der Waals surface area contributed by atoms with Gasteiger partial charge in [0.05, 0.1) is 5.69 Å². The van der Waals surface area contributed by atoms with Crippen molar-refractivity contribution in [2.24, 2.45) is 5.92 Å². The number of aromatic nitrogens is 2. The Kier molecular flexibility index (Phi) is 2.51. The molecule has 2 aliphatic rings. The van der Waals surface area contributed by atoms with E-state index in [4.69, 9.17) is 0 Å². The van der Waals surface area contributed by atoms with Crippen LogP contribution in [-0.2, 0) is 13.0 Å². The van der Waals surface area contributed by atoms with Gasteiger partial charge in [0, 0.05) is 31.2 Å². The summed E-state index contributed by atoms with van der Waals surface area (Å²) in [7, 11) is 0. The smallest absolute Gasteiger partial charge is 0.109 e. The van der Waals surface area contributed by atoms with E-state index in [2.05, 4.69) is 34.9 Å². The SMILES string of the molecule is Cc1cn2c(n1)CCC(NC(C)C1CC1)C2. The summed E-state index contributed by atoms with van der Waals surface area (Å²) in [5.41, 5.74) is 1.16. The molecule has 1 aromatic rings. The first-order valence-electron chi connectivity index (χ1n) is 6.51. The maximum atomic E-state index is 4.55. The van der Waals surface area contributed by atoms with Gasteiger partial charge in [0.2, 0.25) is 0 Å². The average molecular weight is 219 g/mol. The highest BCUT2D eigenvalue weighted by Gasteiger charge is 2.30. The van der Waals surface area contributed by atoms with Gasteiger partial charge in [-0.3, -0.25) is 0 Å². The highest BCUT2D eigenvalue weighted by molar-refractivity contribution is 5.06. The van der Waals surface area contributed by atoms with Crippen LogP contribution in [0.2, 0.25) is 0 Å². The second-order valence-corrected chi connectivity index (χ2v) is 5.48. The van der Waals surface area contributed by atoms with Gasteiger partial charge < -0.3 is 9.88 Å². The summed E-state index contributed by atoms with van der Waals surface area (Å²) in [4.78, 5) is 4.55. The molecular formula is C13H21N3. The van der Waals surface area contributed by atoms with E-state index in [1.807, 2.05) is 0 Å². The van der Waals surface area contributed by atoms with Gasteiger partial charge in [-0.2, -0.15) is 0 Å². The number of hydrogen-bond acceptors (Lipinski definition) is 2. The zero-order valence-corrected chi connectivity index (χ0v) is 10.2. The molecule has 1 N–H and O–H groups in total. The summed E-state index contributed by atoms with van der Waals surface area (Å²) in [6, 6.07) is 1.35. The number of rotatable bonds is 3. The van der Waals surface area contributed by atoms with Crippen LogP contribution < -0.4 is 5.32 Å². The van der Waals surface area contributed by atoms with Gasteiger partial charge in [0.25, 0.3) is 0 Å². The largest absolute Gasteiger partial charge is 0.333 e. The van der Waals surface area contributed by atoms with Crippen molar-refractivity contribution in [3.8, 4) is 0 Å². The molecule has 2 unspecified atom stereocenters. The minimum atomic E-state index is 0.650. The Morgan fingerprint density at radius 2 is 2.25 bits per heavy atom. The van der Waals surface area contributed by atoms with Crippen LogP contribution in [-0.4, -0.2) is 21.6 Å². The lowest BCUT2D eigenvalue weighted by molar-refractivity contribution is 0.334. The van der Waals surface area contributed by atoms with Gasteiger partial charge in [-0.1, -0.05) is 0 Å². The fourth-order valence-corrected chi connectivity index (χ4v) is 2.83. The summed E-state index contributed by atoms with van der Waals surface area (Å²) in [5.74, 6) is 2.22. The number of nitrogens with one attached hydrogen (secondary N) is 1. The van der Waals surface area contributed by atoms with Crippen molar-refractivity contribution in [1.82, 2.24) is 14.9 Å². The highest BCUT2D eigenvalue weighted by Crippen LogP contribution is 2.32. The predicted octanol–water partition coefficient (Wildman–Crippen LogP) is 1.89. The average Bonchev–Trinajstić information content (AvgIpc) is 3.01. The summed E-state index contributed by atoms with van der Waals surface area (Å²) in [6.07, 6.45) is 7.41. The second kappa shape index (κ2) is 3.88. The Hall–Kier alpha value is -0.830. The normalized spacial score (nSPS) is 26.5. The van der Waals surface area contributed by atoms with Crippen LogP contribution in [0.25, 0.3) is 0 Å². The molecule has 16 heavy (non-hydrogen) atoms. The van der Waals surface area contributed by atoms with E-state index >= 15 is 0 Å². The van der Waals surface area contributed by atoms with E-state index in [9.17, 15) is 0 Å². The van der Waals surface area contributed by atoms with Crippen molar-refractivity contribution in [1.29, 1.82) is 0 Å². The van der Waals surface area contributed by atoms with E-state index in [0.29, 0.717) is 12.1 Å². The molecule has 0 radical (unpaired) electrons. The van der Waals surface area contributed by atoms with Crippen molar-refractivity contribution in [3.63, 3.8) is 0 Å². The van der Waals surface area contributed by atoms with E-state index in [0.717, 1.165) is 24.6 Å². The first-order chi connectivity index (χ1) is 7.72. The van der Waals surface area contributed by atoms with Crippen molar-refractivity contribution < 1.29 is 0 Å². The molecule has 3 nitrogen and oxygen atoms in total. The molecule has 3 rings (SSSR count). The lowest BCUT2D eigenvalue weighted by Gasteiger charge is -2.27. The Balaban J connectivity index is 1.63. The molecule has 1 aliphatic heterocycles. The Bertz CT molecular complexity index is 379. The van der Waals surface area contributed by atoms with E-state index in [1.165, 1.54) is 25.1 Å². The van der Waals surface area contributed by atoms with Gasteiger partial charge in [-0.15, -0.1) is 0 Å². The molecule has 3 heteroatoms. The summed E-state index contributed by atoms with van der Waals surface area (Å²) >= 11 is 0. The summed E-state index contributed by atoms with van der Waals surface area (Å²) in [5, 5.41) is 3.78. The number of nitrogens with zero attached hydrogens (tertiary/aromatic N) is 2. The summed E-state index contributed by atoms with van der Waals surface area (Å²) in [6.45, 7) is 5.53. The van der Waals surface area contributed by atoms with E-state index in [1.54, 1.807) is 0 Å². The van der Waals surface area contributed by atoms with Crippen LogP contribution in [0.1, 0.15) is 37.7 Å². The van der Waals surface area contributed by atoms with Crippen molar-refractivity contribution in [2.45, 2.75) is 58.2 Å². The van der Waals surface area contributed by atoms with Gasteiger partial charge >= 0.3 is 0 Å². The fourth-order valence-electron chi connectivity index (χ4n) is 2.83. The molecule has 1 fully saturated rings. The Labute approximate surface area is 97.3 Å². The molecule has 2 atom stereocenters. The lowest BCUT2D eigenvalue weighted by Crippen LogP contribution is -2.42. The minimum absolute atomic E-state index is 0.650. The summed E-state index contributed by atoms with van der Waals surface area (Å²) < 4.78 is 2.33. The molecule has 0 spiro atoms. The van der Waals surface area contributed by atoms with Crippen molar-refractivity contribution in [3.05, 3.63) is 17.7 Å². The quantitative estimate of drug-likeness (QED) is 0.841. The van der Waals surface area contributed by atoms with E-state index in [-0.39, 0.29) is 0 Å². The van der Waals surface area contributed by atoms with Crippen LogP contribution in [0.15, 0.2) is 6.20 Å². The van der Waals surface area contributed by atoms with E-state index < -0.39 is 0 Å². The molecule has 0 bridgehead atoms. The van der Waals surface area contributed by atoms with Gasteiger partial charge in [0.15, 0.2) is 0 Å². The van der Waals surface area contributed by atoms with Crippen LogP contribution in [0.4, 0.5) is 0 Å². The maximum Gasteiger partial charge on any atom is 0.109 e. The van der Waals surface area contributed by atoms with Crippen LogP contribution in [0.3, 0.4) is 0 Å². The van der Waals surface area contributed by atoms with Crippen molar-refractivity contribution >= 4 is 0 Å². The first kappa shape index (κ1) is 10.3. The molecule has 1 aromatic heterocycles. The molecule has 1 aliphatic carbocycles. The third kappa shape index (κ3) is 2.01. The monoisotopic (exact) mass is 219 g/mol. The zero-order chi connectivity index (χ0) is 11.1. The molecule has 0 aromatic carbocycles. The third-order valence-electron chi connectivity index (χ3n) is 3.94. The maximum absolute atomic E-state index is 4.55. The van der Waals surface area contributed by atoms with Gasteiger partial charge in [0.1, 0.15) is 5.82 Å². The Morgan fingerprint density at radius 1 is 1.44 bits per heavy atom. The highest BCUT2D eigenvalue weighted by atomic mass is 15.1. The minimum Gasteiger partial charge on any atom is -0.333 e. The topological polar surface area (TPSA) is 29.9 Å². The fraction of sp³-hybridized carbons (Fsp3) is 0.769. The zero-order valence-electron chi connectivity index (χ0n) is 10.2. The Morgan fingerprint density at radius 3 is 3.00 bits per heavy atom. The number of hydrogen-bond donors (Lipinski definition) is 1. The number of fused-ring (bicyclic) bond motifs is 1. The molecule has 0 saturated heterocycles. The van der Waals surface area contributed by atoms with Crippen molar-refractivity contribution in [2.75, 3.05) is 0 Å². The molecule has 2 heterocycles. The first-order valence-corrected chi connectivity index (χ1v) is 6.51. The van der Waals surface area contributed by atoms with Crippen LogP contribution >= 0.6 is 0 Å². The standard InChI is InChI=1S/C13H21N3/c1-9-7-16-8-12(5-6-13(16)14-9)15-10(2)11-3-4-11/h7,10-12,15H,3-6,8H2,1-2H3. The molecule has 0 amide bonds. The molecule has 88 valence electrons. The third-order valence-corrected chi connectivity index (χ3v) is 3.94. The van der Waals surface area contributed by atoms with Gasteiger partial charge in [-0.25, -0.2) is 4.98 Å². The lowest BCUT2D eigenvalue weighted by atomic mass is 10.1. The number of aryl methyl sites for hydroxylation is 2. The van der Waals surface area contributed by atoms with Crippen LogP contribution in [0.5, 0.6) is 0 Å². The number of imidazole rings is 1. The molecular weight excluding hydrogens is 198 g/mol. The molecule has 1 saturated carbocycles.